The Kier molecular flexibility index (Phi) is 5.07. The lowest BCUT2D eigenvalue weighted by atomic mass is 10.3. The molecule has 1 aromatic carbocycles. The summed E-state index contributed by atoms with van der Waals surface area (Å²) in [5.74, 6) is 2.48. The zero-order chi connectivity index (χ0) is 13.7. The van der Waals surface area contributed by atoms with Gasteiger partial charge in [-0.05, 0) is 30.5 Å². The number of nitrogens with zero attached hydrogens (tertiary/aromatic N) is 1. The first-order valence-corrected chi connectivity index (χ1v) is 7.34. The molecule has 5 heteroatoms. The average Bonchev–Trinajstić information content (AvgIpc) is 3.09. The normalized spacial score (nSPS) is 21.9. The van der Waals surface area contributed by atoms with Crippen LogP contribution in [0.4, 0.5) is 0 Å². The fourth-order valence-electron chi connectivity index (χ4n) is 1.79. The summed E-state index contributed by atoms with van der Waals surface area (Å²) in [5.41, 5.74) is 0. The number of nitrogens with one attached hydrogen (secondary N) is 2. The van der Waals surface area contributed by atoms with Crippen molar-refractivity contribution in [3.05, 3.63) is 28.7 Å². The summed E-state index contributed by atoms with van der Waals surface area (Å²) in [5, 5.41) is 6.62. The van der Waals surface area contributed by atoms with Crippen LogP contribution in [0.25, 0.3) is 0 Å². The maximum atomic E-state index is 5.65. The summed E-state index contributed by atoms with van der Waals surface area (Å²) >= 11 is 3.42. The monoisotopic (exact) mass is 325 g/mol. The van der Waals surface area contributed by atoms with Crippen LogP contribution < -0.4 is 15.4 Å². The molecule has 0 heterocycles. The maximum absolute atomic E-state index is 5.65. The zero-order valence-electron chi connectivity index (χ0n) is 11.3. The minimum Gasteiger partial charge on any atom is -0.492 e. The number of benzene rings is 1. The summed E-state index contributed by atoms with van der Waals surface area (Å²) in [4.78, 5) is 4.19. The van der Waals surface area contributed by atoms with E-state index in [1.54, 1.807) is 7.05 Å². The SMILES string of the molecule is CN=C(NCCOc1cccc(Br)c1)NC1CC1C. The highest BCUT2D eigenvalue weighted by atomic mass is 79.9. The third-order valence-electron chi connectivity index (χ3n) is 3.11. The first-order chi connectivity index (χ1) is 9.19. The molecule has 0 radical (unpaired) electrons. The highest BCUT2D eigenvalue weighted by Gasteiger charge is 2.33. The molecule has 0 spiro atoms. The summed E-state index contributed by atoms with van der Waals surface area (Å²) in [7, 11) is 1.79. The molecular weight excluding hydrogens is 306 g/mol. The van der Waals surface area contributed by atoms with Crippen LogP contribution in [-0.4, -0.2) is 32.2 Å². The van der Waals surface area contributed by atoms with Crippen LogP contribution in [0.5, 0.6) is 5.75 Å². The number of rotatable bonds is 5. The second-order valence-electron chi connectivity index (χ2n) is 4.77. The van der Waals surface area contributed by atoms with Crippen LogP contribution >= 0.6 is 15.9 Å². The smallest absolute Gasteiger partial charge is 0.191 e. The predicted molar refractivity (Wildman–Crippen MR) is 81.7 cm³/mol. The van der Waals surface area contributed by atoms with Crippen LogP contribution in [0.15, 0.2) is 33.7 Å². The first-order valence-electron chi connectivity index (χ1n) is 6.54. The highest BCUT2D eigenvalue weighted by molar-refractivity contribution is 9.10. The Bertz CT molecular complexity index is 450. The number of aliphatic imine (C=N–C) groups is 1. The van der Waals surface area contributed by atoms with Gasteiger partial charge >= 0.3 is 0 Å². The number of ether oxygens (including phenoxy) is 1. The van der Waals surface area contributed by atoms with Gasteiger partial charge in [0.25, 0.3) is 0 Å². The van der Waals surface area contributed by atoms with Gasteiger partial charge in [0.15, 0.2) is 5.96 Å². The van der Waals surface area contributed by atoms with Crippen molar-refractivity contribution >= 4 is 21.9 Å². The Labute approximate surface area is 122 Å². The standard InChI is InChI=1S/C14H20BrN3O/c1-10-8-13(10)18-14(16-2)17-6-7-19-12-5-3-4-11(15)9-12/h3-5,9-10,13H,6-8H2,1-2H3,(H2,16,17,18). The van der Waals surface area contributed by atoms with Gasteiger partial charge < -0.3 is 15.4 Å². The predicted octanol–water partition coefficient (Wildman–Crippen LogP) is 2.40. The lowest BCUT2D eigenvalue weighted by Crippen LogP contribution is -2.40. The molecule has 1 aliphatic carbocycles. The van der Waals surface area contributed by atoms with Gasteiger partial charge in [-0.25, -0.2) is 0 Å². The minimum atomic E-state index is 0.581. The number of halogens is 1. The van der Waals surface area contributed by atoms with Gasteiger partial charge in [0.2, 0.25) is 0 Å². The van der Waals surface area contributed by atoms with Crippen LogP contribution in [0.1, 0.15) is 13.3 Å². The summed E-state index contributed by atoms with van der Waals surface area (Å²) in [6, 6.07) is 8.43. The third-order valence-corrected chi connectivity index (χ3v) is 3.61. The van der Waals surface area contributed by atoms with E-state index < -0.39 is 0 Å². The van der Waals surface area contributed by atoms with Crippen molar-refractivity contribution in [2.45, 2.75) is 19.4 Å². The third kappa shape index (κ3) is 4.74. The summed E-state index contributed by atoms with van der Waals surface area (Å²) in [6.07, 6.45) is 1.23. The molecule has 1 aromatic rings. The van der Waals surface area contributed by atoms with Crippen LogP contribution in [0.3, 0.4) is 0 Å². The molecule has 2 N–H and O–H groups in total. The van der Waals surface area contributed by atoms with Crippen molar-refractivity contribution < 1.29 is 4.74 Å². The Morgan fingerprint density at radius 1 is 1.53 bits per heavy atom. The van der Waals surface area contributed by atoms with Crippen molar-refractivity contribution in [1.29, 1.82) is 0 Å². The van der Waals surface area contributed by atoms with Crippen molar-refractivity contribution in [2.24, 2.45) is 10.9 Å². The second-order valence-corrected chi connectivity index (χ2v) is 5.68. The fourth-order valence-corrected chi connectivity index (χ4v) is 2.17. The van der Waals surface area contributed by atoms with Gasteiger partial charge in [-0.15, -0.1) is 0 Å². The van der Waals surface area contributed by atoms with E-state index in [-0.39, 0.29) is 0 Å². The minimum absolute atomic E-state index is 0.581. The number of hydrogen-bond acceptors (Lipinski definition) is 2. The van der Waals surface area contributed by atoms with Gasteiger partial charge in [-0.3, -0.25) is 4.99 Å². The molecule has 104 valence electrons. The van der Waals surface area contributed by atoms with Gasteiger partial charge in [0, 0.05) is 17.6 Å². The molecule has 2 atom stereocenters. The van der Waals surface area contributed by atoms with E-state index in [1.165, 1.54) is 6.42 Å². The van der Waals surface area contributed by atoms with E-state index >= 15 is 0 Å². The lowest BCUT2D eigenvalue weighted by molar-refractivity contribution is 0.321. The lowest BCUT2D eigenvalue weighted by Gasteiger charge is -2.12. The molecule has 0 amide bonds. The number of hydrogen-bond donors (Lipinski definition) is 2. The molecule has 0 saturated heterocycles. The van der Waals surface area contributed by atoms with E-state index in [2.05, 4.69) is 38.5 Å². The maximum Gasteiger partial charge on any atom is 0.191 e. The second kappa shape index (κ2) is 6.80. The molecule has 0 aromatic heterocycles. The molecule has 19 heavy (non-hydrogen) atoms. The zero-order valence-corrected chi connectivity index (χ0v) is 12.9. The molecule has 1 saturated carbocycles. The average molecular weight is 326 g/mol. The fraction of sp³-hybridized carbons (Fsp3) is 0.500. The Morgan fingerprint density at radius 2 is 2.32 bits per heavy atom. The van der Waals surface area contributed by atoms with Crippen molar-refractivity contribution in [1.82, 2.24) is 10.6 Å². The van der Waals surface area contributed by atoms with Crippen LogP contribution in [-0.2, 0) is 0 Å². The van der Waals surface area contributed by atoms with Crippen molar-refractivity contribution in [2.75, 3.05) is 20.2 Å². The first kappa shape index (κ1) is 14.2. The van der Waals surface area contributed by atoms with Gasteiger partial charge in [-0.2, -0.15) is 0 Å². The molecule has 2 unspecified atom stereocenters. The van der Waals surface area contributed by atoms with E-state index in [0.717, 1.165) is 28.6 Å². The highest BCUT2D eigenvalue weighted by Crippen LogP contribution is 2.28. The van der Waals surface area contributed by atoms with E-state index in [9.17, 15) is 0 Å². The van der Waals surface area contributed by atoms with Crippen molar-refractivity contribution in [3.8, 4) is 5.75 Å². The largest absolute Gasteiger partial charge is 0.492 e. The molecule has 4 nitrogen and oxygen atoms in total. The number of guanidine groups is 1. The molecule has 2 rings (SSSR count). The van der Waals surface area contributed by atoms with Crippen molar-refractivity contribution in [3.63, 3.8) is 0 Å². The van der Waals surface area contributed by atoms with Crippen LogP contribution in [0, 0.1) is 5.92 Å². The van der Waals surface area contributed by atoms with Gasteiger partial charge in [0.05, 0.1) is 6.54 Å². The van der Waals surface area contributed by atoms with Gasteiger partial charge in [-0.1, -0.05) is 28.9 Å². The Hall–Kier alpha value is -1.23. The van der Waals surface area contributed by atoms with E-state index in [0.29, 0.717) is 12.6 Å². The molecule has 0 bridgehead atoms. The summed E-state index contributed by atoms with van der Waals surface area (Å²) in [6.45, 7) is 3.58. The van der Waals surface area contributed by atoms with Crippen LogP contribution in [0.2, 0.25) is 0 Å². The van der Waals surface area contributed by atoms with E-state index in [1.807, 2.05) is 24.3 Å². The van der Waals surface area contributed by atoms with E-state index in [4.69, 9.17) is 4.74 Å². The Balaban J connectivity index is 1.65. The molecule has 1 fully saturated rings. The molecule has 0 aliphatic heterocycles. The quantitative estimate of drug-likeness (QED) is 0.496. The molecule has 1 aliphatic rings. The topological polar surface area (TPSA) is 45.7 Å². The summed E-state index contributed by atoms with van der Waals surface area (Å²) < 4.78 is 6.67. The molecular formula is C14H20BrN3O. The van der Waals surface area contributed by atoms with Gasteiger partial charge in [0.1, 0.15) is 12.4 Å². The Morgan fingerprint density at radius 3 is 2.95 bits per heavy atom.